The van der Waals surface area contributed by atoms with Crippen molar-refractivity contribution in [3.8, 4) is 0 Å². The van der Waals surface area contributed by atoms with Gasteiger partial charge in [-0.3, -0.25) is 0 Å². The minimum Gasteiger partial charge on any atom is -0.338 e. The molecule has 13 heteroatoms. The van der Waals surface area contributed by atoms with Gasteiger partial charge in [0.1, 0.15) is 0 Å². The van der Waals surface area contributed by atoms with E-state index >= 15 is 0 Å². The second-order valence-corrected chi connectivity index (χ2v) is 13.9. The van der Waals surface area contributed by atoms with E-state index in [1.54, 1.807) is 18.5 Å². The molecule has 2 aliphatic rings. The molecule has 0 amide bonds. The van der Waals surface area contributed by atoms with E-state index in [1.807, 2.05) is 4.90 Å². The average molecular weight is 487 g/mol. The smallest absolute Gasteiger partial charge is 0.243 e. The van der Waals surface area contributed by atoms with Crippen LogP contribution < -0.4 is 4.90 Å². The second kappa shape index (κ2) is 8.11. The molecule has 0 N–H and O–H groups in total. The standard InChI is InChI=1S/C18H22N4O6S3/c23-29(24)12-5-17(14-29)30(25,26)15-3-1-4-16(13-15)31(27,28)22-10-8-21(9-11-22)18-19-6-2-7-20-18/h1-4,6-7,13,17H,5,8-12,14H2/t17-/m1/s1. The van der Waals surface area contributed by atoms with Gasteiger partial charge in [-0.15, -0.1) is 0 Å². The number of aromatic nitrogens is 2. The topological polar surface area (TPSA) is 135 Å². The van der Waals surface area contributed by atoms with Crippen molar-refractivity contribution in [2.45, 2.75) is 21.5 Å². The maximum Gasteiger partial charge on any atom is 0.243 e. The fourth-order valence-electron chi connectivity index (χ4n) is 3.74. The molecule has 0 unspecified atom stereocenters. The maximum absolute atomic E-state index is 13.1. The van der Waals surface area contributed by atoms with Crippen molar-refractivity contribution in [3.05, 3.63) is 42.7 Å². The van der Waals surface area contributed by atoms with Crippen molar-refractivity contribution in [3.63, 3.8) is 0 Å². The lowest BCUT2D eigenvalue weighted by Gasteiger charge is -2.33. The summed E-state index contributed by atoms with van der Waals surface area (Å²) in [5, 5.41) is -1.05. The van der Waals surface area contributed by atoms with Crippen LogP contribution in [-0.4, -0.2) is 82.5 Å². The molecular weight excluding hydrogens is 464 g/mol. The number of sulfone groups is 2. The van der Waals surface area contributed by atoms with Gasteiger partial charge in [0.15, 0.2) is 19.7 Å². The van der Waals surface area contributed by atoms with Crippen LogP contribution in [-0.2, 0) is 29.7 Å². The first kappa shape index (κ1) is 22.1. The van der Waals surface area contributed by atoms with Crippen molar-refractivity contribution in [1.29, 1.82) is 0 Å². The highest BCUT2D eigenvalue weighted by atomic mass is 32.2. The summed E-state index contributed by atoms with van der Waals surface area (Å²) in [6.45, 7) is 1.22. The summed E-state index contributed by atoms with van der Waals surface area (Å²) in [5.74, 6) is -0.0840. The molecule has 0 radical (unpaired) electrons. The lowest BCUT2D eigenvalue weighted by atomic mass is 10.4. The molecule has 31 heavy (non-hydrogen) atoms. The molecule has 2 aliphatic heterocycles. The normalized spacial score (nSPS) is 22.5. The minimum atomic E-state index is -3.95. The Hall–Kier alpha value is -2.09. The third kappa shape index (κ3) is 4.45. The fraction of sp³-hybridized carbons (Fsp3) is 0.444. The Labute approximate surface area is 181 Å². The van der Waals surface area contributed by atoms with Gasteiger partial charge >= 0.3 is 0 Å². The Morgan fingerprint density at radius 3 is 2.16 bits per heavy atom. The third-order valence-corrected chi connectivity index (χ3v) is 11.5. The number of sulfonamides is 1. The number of benzene rings is 1. The van der Waals surface area contributed by atoms with Crippen LogP contribution in [0.15, 0.2) is 52.5 Å². The van der Waals surface area contributed by atoms with E-state index in [0.29, 0.717) is 19.0 Å². The monoisotopic (exact) mass is 486 g/mol. The highest BCUT2D eigenvalue weighted by Crippen LogP contribution is 2.28. The molecule has 1 aromatic carbocycles. The number of piperazine rings is 1. The molecule has 0 bridgehead atoms. The predicted octanol–water partition coefficient (Wildman–Crippen LogP) is -0.0517. The summed E-state index contributed by atoms with van der Waals surface area (Å²) in [6, 6.07) is 6.86. The molecule has 2 saturated heterocycles. The van der Waals surface area contributed by atoms with E-state index < -0.39 is 40.7 Å². The first-order chi connectivity index (χ1) is 14.6. The molecule has 10 nitrogen and oxygen atoms in total. The predicted molar refractivity (Wildman–Crippen MR) is 114 cm³/mol. The summed E-state index contributed by atoms with van der Waals surface area (Å²) in [6.07, 6.45) is 3.26. The van der Waals surface area contributed by atoms with Gasteiger partial charge in [-0.1, -0.05) is 6.07 Å². The molecule has 1 aromatic heterocycles. The van der Waals surface area contributed by atoms with Crippen LogP contribution in [0.4, 0.5) is 5.95 Å². The Kier molecular flexibility index (Phi) is 5.79. The lowest BCUT2D eigenvalue weighted by Crippen LogP contribution is -2.49. The van der Waals surface area contributed by atoms with Crippen LogP contribution in [0.25, 0.3) is 0 Å². The zero-order valence-electron chi connectivity index (χ0n) is 16.5. The zero-order valence-corrected chi connectivity index (χ0v) is 19.0. The molecule has 0 aliphatic carbocycles. The molecule has 1 atom stereocenters. The van der Waals surface area contributed by atoms with Gasteiger partial charge in [0.25, 0.3) is 0 Å². The van der Waals surface area contributed by atoms with Crippen LogP contribution in [0.5, 0.6) is 0 Å². The van der Waals surface area contributed by atoms with Crippen molar-refractivity contribution in [2.75, 3.05) is 42.6 Å². The summed E-state index contributed by atoms with van der Waals surface area (Å²) >= 11 is 0. The highest BCUT2D eigenvalue weighted by Gasteiger charge is 2.38. The van der Waals surface area contributed by atoms with E-state index in [2.05, 4.69) is 9.97 Å². The highest BCUT2D eigenvalue weighted by molar-refractivity contribution is 7.96. The van der Waals surface area contributed by atoms with Gasteiger partial charge in [0, 0.05) is 38.6 Å². The Bertz CT molecular complexity index is 1270. The van der Waals surface area contributed by atoms with Crippen molar-refractivity contribution >= 4 is 35.6 Å². The van der Waals surface area contributed by atoms with Crippen LogP contribution in [0.2, 0.25) is 0 Å². The second-order valence-electron chi connectivity index (χ2n) is 7.48. The quantitative estimate of drug-likeness (QED) is 0.570. The SMILES string of the molecule is O=S1(=O)CC[C@@H](S(=O)(=O)c2cccc(S(=O)(=O)N3CCN(c4ncccn4)CC3)c2)C1. The van der Waals surface area contributed by atoms with Crippen LogP contribution in [0, 0.1) is 0 Å². The Morgan fingerprint density at radius 1 is 0.903 bits per heavy atom. The van der Waals surface area contributed by atoms with E-state index in [4.69, 9.17) is 0 Å². The van der Waals surface area contributed by atoms with E-state index in [-0.39, 0.29) is 35.1 Å². The minimum absolute atomic E-state index is 0.0190. The van der Waals surface area contributed by atoms with Gasteiger partial charge < -0.3 is 4.90 Å². The van der Waals surface area contributed by atoms with Crippen molar-refractivity contribution < 1.29 is 25.3 Å². The first-order valence-electron chi connectivity index (χ1n) is 9.66. The number of anilines is 1. The van der Waals surface area contributed by atoms with Crippen molar-refractivity contribution in [2.24, 2.45) is 0 Å². The lowest BCUT2D eigenvalue weighted by molar-refractivity contribution is 0.382. The Morgan fingerprint density at radius 2 is 1.55 bits per heavy atom. The molecule has 2 aromatic rings. The van der Waals surface area contributed by atoms with E-state index in [9.17, 15) is 25.3 Å². The third-order valence-electron chi connectivity index (χ3n) is 5.47. The summed E-state index contributed by atoms with van der Waals surface area (Å²) in [7, 11) is -11.3. The number of rotatable bonds is 5. The van der Waals surface area contributed by atoms with Gasteiger partial charge in [-0.25, -0.2) is 35.2 Å². The van der Waals surface area contributed by atoms with Gasteiger partial charge in [0.05, 0.1) is 26.5 Å². The van der Waals surface area contributed by atoms with Crippen LogP contribution in [0.3, 0.4) is 0 Å². The number of nitrogens with zero attached hydrogens (tertiary/aromatic N) is 4. The summed E-state index contributed by atoms with van der Waals surface area (Å²) in [4.78, 5) is 9.93. The largest absolute Gasteiger partial charge is 0.338 e. The molecule has 4 rings (SSSR count). The van der Waals surface area contributed by atoms with Gasteiger partial charge in [-0.2, -0.15) is 4.31 Å². The van der Waals surface area contributed by atoms with Gasteiger partial charge in [0.2, 0.25) is 16.0 Å². The maximum atomic E-state index is 13.1. The molecule has 2 fully saturated rings. The molecule has 0 spiro atoms. The van der Waals surface area contributed by atoms with E-state index in [0.717, 1.165) is 6.07 Å². The van der Waals surface area contributed by atoms with Gasteiger partial charge in [-0.05, 0) is 30.7 Å². The average Bonchev–Trinajstić information content (AvgIpc) is 3.15. The molecular formula is C18H22N4O6S3. The van der Waals surface area contributed by atoms with Crippen LogP contribution >= 0.6 is 0 Å². The molecule has 3 heterocycles. The first-order valence-corrected chi connectivity index (χ1v) is 14.5. The number of hydrogen-bond donors (Lipinski definition) is 0. The molecule has 168 valence electrons. The fourth-order valence-corrected chi connectivity index (χ4v) is 9.69. The molecule has 0 saturated carbocycles. The Balaban J connectivity index is 1.53. The zero-order chi connectivity index (χ0) is 22.3. The van der Waals surface area contributed by atoms with Crippen LogP contribution in [0.1, 0.15) is 6.42 Å². The van der Waals surface area contributed by atoms with Crippen molar-refractivity contribution in [1.82, 2.24) is 14.3 Å². The number of hydrogen-bond acceptors (Lipinski definition) is 9. The summed E-state index contributed by atoms with van der Waals surface area (Å²) in [5.41, 5.74) is 0. The van der Waals surface area contributed by atoms with E-state index in [1.165, 1.54) is 22.5 Å². The summed E-state index contributed by atoms with van der Waals surface area (Å²) < 4.78 is 76.7.